The molecule has 1 aromatic carbocycles. The van der Waals surface area contributed by atoms with Gasteiger partial charge in [-0.05, 0) is 115 Å². The number of alkyl carbamates (subject to hydrolysis) is 1. The summed E-state index contributed by atoms with van der Waals surface area (Å²) in [4.78, 5) is 75.5. The predicted molar refractivity (Wildman–Crippen MR) is 287 cm³/mol. The van der Waals surface area contributed by atoms with E-state index in [2.05, 4.69) is 16.0 Å². The van der Waals surface area contributed by atoms with Crippen LogP contribution in [-0.4, -0.2) is 76.8 Å². The Balaban J connectivity index is 0.647. The summed E-state index contributed by atoms with van der Waals surface area (Å²) in [6.07, 6.45) is 20.7. The Labute approximate surface area is 441 Å². The molecule has 0 radical (unpaired) electrons. The first-order chi connectivity index (χ1) is 35.8. The number of carbonyl (C=O) groups is 5. The highest BCUT2D eigenvalue weighted by Crippen LogP contribution is 2.70. The fourth-order valence-electron chi connectivity index (χ4n) is 13.7. The summed E-state index contributed by atoms with van der Waals surface area (Å²) in [5.41, 5.74) is -2.22. The molecule has 3 fully saturated rings. The van der Waals surface area contributed by atoms with Crippen molar-refractivity contribution in [3.8, 4) is 0 Å². The number of hydrogen-bond donors (Lipinski definition) is 5. The van der Waals surface area contributed by atoms with Crippen LogP contribution in [0, 0.1) is 49.4 Å². The number of amides is 3. The Morgan fingerprint density at radius 3 is 1.97 bits per heavy atom. The Kier molecular flexibility index (Phi) is 19.1. The second-order valence-corrected chi connectivity index (χ2v) is 23.0. The van der Waals surface area contributed by atoms with E-state index in [1.165, 1.54) is 18.2 Å². The highest BCUT2D eigenvalue weighted by molar-refractivity contribution is 6.01. The molecule has 412 valence electrons. The number of aryl methyl sites for hydroxylation is 3. The largest absolute Gasteiger partial charge is 0.461 e. The Hall–Kier alpha value is -5.15. The number of rotatable bonds is 27. The number of nitrogens with one attached hydrogen (secondary N) is 3. The molecule has 2 heterocycles. The summed E-state index contributed by atoms with van der Waals surface area (Å²) in [6, 6.07) is 3.48. The zero-order valence-electron chi connectivity index (χ0n) is 45.5. The number of furan rings is 1. The molecule has 0 spiro atoms. The third-order valence-corrected chi connectivity index (χ3v) is 18.1. The number of halogens is 1. The van der Waals surface area contributed by atoms with E-state index in [0.29, 0.717) is 68.5 Å². The van der Waals surface area contributed by atoms with Crippen molar-refractivity contribution >= 4 is 51.4 Å². The average Bonchev–Trinajstić information content (AvgIpc) is 3.80. The average molecular weight is 1040 g/mol. The number of allylic oxidation sites excluding steroid dienone is 4. The third-order valence-electron chi connectivity index (χ3n) is 18.1. The first-order valence-electron chi connectivity index (χ1n) is 28.2. The van der Waals surface area contributed by atoms with Crippen molar-refractivity contribution in [1.82, 2.24) is 16.0 Å². The molecule has 4 aliphatic carbocycles. The highest BCUT2D eigenvalue weighted by Gasteiger charge is 2.75. The van der Waals surface area contributed by atoms with Crippen LogP contribution in [0.2, 0.25) is 0 Å². The van der Waals surface area contributed by atoms with Gasteiger partial charge in [-0.2, -0.15) is 0 Å². The van der Waals surface area contributed by atoms with E-state index in [1.807, 2.05) is 26.8 Å². The predicted octanol–water partition coefficient (Wildman–Crippen LogP) is 10.9. The molecule has 5 N–H and O–H groups in total. The van der Waals surface area contributed by atoms with E-state index >= 15 is 4.39 Å². The van der Waals surface area contributed by atoms with E-state index in [1.54, 1.807) is 26.8 Å². The van der Waals surface area contributed by atoms with Crippen LogP contribution in [0.5, 0.6) is 0 Å². The van der Waals surface area contributed by atoms with Crippen molar-refractivity contribution in [3.05, 3.63) is 68.8 Å². The van der Waals surface area contributed by atoms with E-state index < -0.39 is 64.4 Å². The number of aliphatic hydroxyl groups excluding tert-OH is 1. The Morgan fingerprint density at radius 2 is 1.33 bits per heavy atom. The SMILES string of the molecule is Cc1oc2c(C)c3oc(=O)cc(C)c3cc2c1CNC(=O)CCCCCCCCCCNC(=O)CCCCCCCCCCNC(=O)OCC(=O)[C@@]1(O)[C@H](C)CC2C3CCC4=CC(=O)C=CC4(C)[C@@]3(F)C(O)CC21C. The molecule has 7 rings (SSSR count). The second-order valence-electron chi connectivity index (χ2n) is 23.0. The molecule has 3 amide bonds. The van der Waals surface area contributed by atoms with E-state index in [-0.39, 0.29) is 29.6 Å². The fraction of sp³-hybridized carbons (Fsp3) is 0.667. The number of aliphatic hydroxyl groups is 2. The van der Waals surface area contributed by atoms with Gasteiger partial charge in [0, 0.05) is 77.2 Å². The summed E-state index contributed by atoms with van der Waals surface area (Å²) in [7, 11) is 0. The van der Waals surface area contributed by atoms with Crippen LogP contribution < -0.4 is 21.6 Å². The zero-order chi connectivity index (χ0) is 54.1. The lowest BCUT2D eigenvalue weighted by Gasteiger charge is -2.62. The molecular formula is C60H84FN3O11. The minimum atomic E-state index is -2.06. The van der Waals surface area contributed by atoms with Gasteiger partial charge in [0.1, 0.15) is 22.5 Å². The van der Waals surface area contributed by atoms with Gasteiger partial charge in [-0.25, -0.2) is 14.0 Å². The number of unbranched alkanes of at least 4 members (excludes halogenated alkanes) is 14. The van der Waals surface area contributed by atoms with Crippen LogP contribution in [0.25, 0.3) is 21.9 Å². The molecular weight excluding hydrogens is 958 g/mol. The fourth-order valence-corrected chi connectivity index (χ4v) is 13.7. The number of hydrogen-bond acceptors (Lipinski definition) is 11. The van der Waals surface area contributed by atoms with Gasteiger partial charge in [-0.15, -0.1) is 0 Å². The molecule has 4 aliphatic rings. The maximum absolute atomic E-state index is 17.5. The number of ketones is 2. The van der Waals surface area contributed by atoms with Crippen LogP contribution in [0.1, 0.15) is 184 Å². The quantitative estimate of drug-likeness (QED) is 0.0358. The molecule has 8 atom stereocenters. The lowest BCUT2D eigenvalue weighted by atomic mass is 9.44. The minimum Gasteiger partial charge on any atom is -0.461 e. The maximum atomic E-state index is 17.5. The van der Waals surface area contributed by atoms with Crippen molar-refractivity contribution in [2.75, 3.05) is 19.7 Å². The van der Waals surface area contributed by atoms with Gasteiger partial charge in [0.25, 0.3) is 0 Å². The molecule has 14 nitrogen and oxygen atoms in total. The van der Waals surface area contributed by atoms with Gasteiger partial charge in [0.15, 0.2) is 18.1 Å². The van der Waals surface area contributed by atoms with Crippen molar-refractivity contribution in [3.63, 3.8) is 0 Å². The molecule has 0 aliphatic heterocycles. The van der Waals surface area contributed by atoms with Crippen LogP contribution in [0.4, 0.5) is 9.18 Å². The van der Waals surface area contributed by atoms with Crippen molar-refractivity contribution in [2.24, 2.45) is 28.6 Å². The van der Waals surface area contributed by atoms with E-state index in [9.17, 15) is 39.0 Å². The number of carbonyl (C=O) groups excluding carboxylic acids is 5. The smallest absolute Gasteiger partial charge is 0.407 e. The molecule has 5 unspecified atom stereocenters. The van der Waals surface area contributed by atoms with Gasteiger partial charge in [0.05, 0.1) is 6.10 Å². The van der Waals surface area contributed by atoms with Gasteiger partial charge in [0.2, 0.25) is 17.6 Å². The van der Waals surface area contributed by atoms with Gasteiger partial charge in [-0.3, -0.25) is 19.2 Å². The first kappa shape index (κ1) is 57.6. The number of ether oxygens (including phenoxy) is 1. The van der Waals surface area contributed by atoms with Crippen LogP contribution in [0.3, 0.4) is 0 Å². The number of Topliss-reactive ketones (excluding diaryl/α,β-unsaturated/α-hetero) is 1. The topological polar surface area (TPSA) is 214 Å². The van der Waals surface area contributed by atoms with Crippen molar-refractivity contribution < 1.29 is 52.1 Å². The molecule has 2 aromatic heterocycles. The molecule has 75 heavy (non-hydrogen) atoms. The lowest BCUT2D eigenvalue weighted by Crippen LogP contribution is -2.69. The standard InChI is InChI=1S/C60H84FN3O11/c1-38-31-53(70)75-54-40(3)55-45(34-44(38)54)46(41(4)74-55)36-64-52(69)24-20-16-12-7-9-13-17-21-29-62-51(68)23-19-15-11-8-10-14-18-22-30-63-56(71)73-37-50(67)60(72)39(2)32-48-47-26-25-42-33-43(65)27-28-57(42,5)59(47,61)49(66)35-58(48,60)6/h27-28,31,33-34,39,47-49,66,72H,7-26,29-30,32,35-37H2,1-6H3,(H,62,68)(H,63,71)(H,64,69)/t39-,47?,48?,49?,57?,58?,59+,60+/m1/s1. The summed E-state index contributed by atoms with van der Waals surface area (Å²) in [6.45, 7) is 11.8. The molecule has 3 saturated carbocycles. The molecule has 0 saturated heterocycles. The van der Waals surface area contributed by atoms with Gasteiger partial charge >= 0.3 is 11.7 Å². The normalized spacial score (nSPS) is 26.9. The number of alkyl halides is 1. The van der Waals surface area contributed by atoms with Gasteiger partial charge < -0.3 is 39.7 Å². The number of benzene rings is 1. The van der Waals surface area contributed by atoms with E-state index in [0.717, 1.165) is 136 Å². The summed E-state index contributed by atoms with van der Waals surface area (Å²) in [5, 5.41) is 34.4. The molecule has 3 aromatic rings. The van der Waals surface area contributed by atoms with Crippen molar-refractivity contribution in [1.29, 1.82) is 0 Å². The highest BCUT2D eigenvalue weighted by atomic mass is 19.1. The molecule has 15 heteroatoms. The van der Waals surface area contributed by atoms with Crippen LogP contribution in [0.15, 0.2) is 49.6 Å². The Bertz CT molecular complexity index is 2690. The zero-order valence-corrected chi connectivity index (χ0v) is 45.5. The lowest BCUT2D eigenvalue weighted by molar-refractivity contribution is -0.219. The van der Waals surface area contributed by atoms with E-state index in [4.69, 9.17) is 13.6 Å². The second kappa shape index (κ2) is 24.9. The summed E-state index contributed by atoms with van der Waals surface area (Å²) >= 11 is 0. The summed E-state index contributed by atoms with van der Waals surface area (Å²) < 4.78 is 34.3. The third kappa shape index (κ3) is 12.2. The number of fused-ring (bicyclic) bond motifs is 7. The van der Waals surface area contributed by atoms with Crippen LogP contribution in [-0.2, 0) is 30.5 Å². The van der Waals surface area contributed by atoms with Crippen molar-refractivity contribution in [2.45, 2.75) is 207 Å². The monoisotopic (exact) mass is 1040 g/mol. The molecule has 0 bridgehead atoms. The van der Waals surface area contributed by atoms with Gasteiger partial charge in [-0.1, -0.05) is 103 Å². The minimum absolute atomic E-state index is 0.0250. The Morgan fingerprint density at radius 1 is 0.760 bits per heavy atom. The summed E-state index contributed by atoms with van der Waals surface area (Å²) in [5.74, 6) is -1.53. The maximum Gasteiger partial charge on any atom is 0.407 e. The first-order valence-corrected chi connectivity index (χ1v) is 28.2. The van der Waals surface area contributed by atoms with Crippen LogP contribution >= 0.6 is 0 Å².